The van der Waals surface area contributed by atoms with Gasteiger partial charge < -0.3 is 17.0 Å². The molecular formula is C44H37BBrLiO2. The monoisotopic (exact) mass is 694 g/mol. The van der Waals surface area contributed by atoms with Crippen LogP contribution in [0.15, 0.2) is 162 Å². The third-order valence-electron chi connectivity index (χ3n) is 8.52. The molecule has 2 nitrogen and oxygen atoms in total. The van der Waals surface area contributed by atoms with Gasteiger partial charge in [-0.05, 0) is 95.1 Å². The van der Waals surface area contributed by atoms with E-state index in [1.807, 2.05) is 24.3 Å². The molecule has 0 aliphatic rings. The molecule has 2 N–H and O–H groups in total. The van der Waals surface area contributed by atoms with Crippen molar-refractivity contribution in [3.8, 4) is 22.3 Å². The summed E-state index contributed by atoms with van der Waals surface area (Å²) in [6.07, 6.45) is 2.28. The van der Waals surface area contributed by atoms with Crippen LogP contribution in [0.25, 0.3) is 65.3 Å². The van der Waals surface area contributed by atoms with E-state index in [1.165, 1.54) is 55.4 Å². The van der Waals surface area contributed by atoms with Crippen molar-refractivity contribution in [2.45, 2.75) is 19.8 Å². The van der Waals surface area contributed by atoms with Crippen LogP contribution in [0.1, 0.15) is 19.8 Å². The number of benzene rings is 8. The Morgan fingerprint density at radius 2 is 0.939 bits per heavy atom. The van der Waals surface area contributed by atoms with Crippen LogP contribution >= 0.6 is 15.9 Å². The van der Waals surface area contributed by atoms with E-state index in [1.54, 1.807) is 6.07 Å². The number of hydrogen-bond donors (Lipinski definition) is 2. The van der Waals surface area contributed by atoms with Crippen LogP contribution in [0.3, 0.4) is 0 Å². The first-order valence-corrected chi connectivity index (χ1v) is 17.1. The average Bonchev–Trinajstić information content (AvgIpc) is 3.14. The molecule has 5 heteroatoms. The number of rotatable bonds is 4. The van der Waals surface area contributed by atoms with Gasteiger partial charge in [0.2, 0.25) is 0 Å². The summed E-state index contributed by atoms with van der Waals surface area (Å²) in [6.45, 7) is 5.72. The number of fused-ring (bicyclic) bond motifs is 4. The van der Waals surface area contributed by atoms with Crippen LogP contribution in [0.4, 0.5) is 0 Å². The normalized spacial score (nSPS) is 10.6. The number of unbranched alkanes of at least 4 members (excludes halogenated alkanes) is 1. The number of hydrogen-bond acceptors (Lipinski definition) is 2. The SMILES string of the molecule is Brc1ccc2cc(-c3cccc4ccccc34)ccc2c1.OB(O)c1ccc2cc(-c3cccc4ccccc34)ccc2c1.[CH2-]CCC.[Li+]. The van der Waals surface area contributed by atoms with Crippen LogP contribution < -0.4 is 24.3 Å². The van der Waals surface area contributed by atoms with Crippen molar-refractivity contribution in [2.24, 2.45) is 0 Å². The second kappa shape index (κ2) is 17.0. The van der Waals surface area contributed by atoms with E-state index in [4.69, 9.17) is 0 Å². The Kier molecular flexibility index (Phi) is 12.5. The topological polar surface area (TPSA) is 40.5 Å². The molecule has 0 aliphatic carbocycles. The minimum atomic E-state index is -1.43. The van der Waals surface area contributed by atoms with Crippen molar-refractivity contribution in [1.29, 1.82) is 0 Å². The van der Waals surface area contributed by atoms with Gasteiger partial charge in [0.25, 0.3) is 0 Å². The van der Waals surface area contributed by atoms with E-state index in [0.717, 1.165) is 27.2 Å². The second-order valence-corrected chi connectivity index (χ2v) is 12.7. The van der Waals surface area contributed by atoms with Gasteiger partial charge in [0.15, 0.2) is 0 Å². The summed E-state index contributed by atoms with van der Waals surface area (Å²) in [7, 11) is -1.43. The minimum absolute atomic E-state index is 0. The Morgan fingerprint density at radius 3 is 1.45 bits per heavy atom. The molecule has 0 saturated heterocycles. The molecule has 0 fully saturated rings. The van der Waals surface area contributed by atoms with Gasteiger partial charge in [0.05, 0.1) is 0 Å². The van der Waals surface area contributed by atoms with Crippen LogP contribution in [0, 0.1) is 6.92 Å². The average molecular weight is 695 g/mol. The Balaban J connectivity index is 0.000000170. The van der Waals surface area contributed by atoms with Crippen LogP contribution in [-0.2, 0) is 0 Å². The van der Waals surface area contributed by atoms with Crippen molar-refractivity contribution in [3.63, 3.8) is 0 Å². The maximum Gasteiger partial charge on any atom is 1.00 e. The summed E-state index contributed by atoms with van der Waals surface area (Å²) in [5, 5.41) is 28.2. The minimum Gasteiger partial charge on any atom is -0.423 e. The molecule has 0 amide bonds. The number of halogens is 1. The van der Waals surface area contributed by atoms with Crippen molar-refractivity contribution >= 4 is 71.6 Å². The van der Waals surface area contributed by atoms with Crippen LogP contribution in [0.5, 0.6) is 0 Å². The molecule has 0 aliphatic heterocycles. The largest absolute Gasteiger partial charge is 1.00 e. The summed E-state index contributed by atoms with van der Waals surface area (Å²) in [6, 6.07) is 54.5. The van der Waals surface area contributed by atoms with Gasteiger partial charge in [-0.25, -0.2) is 0 Å². The van der Waals surface area contributed by atoms with Gasteiger partial charge in [0, 0.05) is 4.47 Å². The van der Waals surface area contributed by atoms with Gasteiger partial charge in [-0.1, -0.05) is 163 Å². The molecule has 0 heterocycles. The first kappa shape index (κ1) is 36.2. The van der Waals surface area contributed by atoms with E-state index < -0.39 is 7.12 Å². The summed E-state index contributed by atoms with van der Waals surface area (Å²) >= 11 is 3.53. The van der Waals surface area contributed by atoms with E-state index >= 15 is 0 Å². The van der Waals surface area contributed by atoms with Crippen molar-refractivity contribution in [3.05, 3.63) is 169 Å². The Labute approximate surface area is 309 Å². The van der Waals surface area contributed by atoms with E-state index in [2.05, 4.69) is 157 Å². The third kappa shape index (κ3) is 8.54. The third-order valence-corrected chi connectivity index (χ3v) is 9.01. The molecule has 8 aromatic rings. The molecule has 0 saturated carbocycles. The zero-order valence-corrected chi connectivity index (χ0v) is 29.6. The summed E-state index contributed by atoms with van der Waals surface area (Å²) in [5.41, 5.74) is 5.43. The van der Waals surface area contributed by atoms with Crippen LogP contribution in [-0.4, -0.2) is 17.2 Å². The fourth-order valence-electron chi connectivity index (χ4n) is 5.93. The molecular weight excluding hydrogens is 658 g/mol. The predicted molar refractivity (Wildman–Crippen MR) is 212 cm³/mol. The van der Waals surface area contributed by atoms with E-state index in [0.29, 0.717) is 5.46 Å². The van der Waals surface area contributed by atoms with Gasteiger partial charge in [0.1, 0.15) is 0 Å². The fraction of sp³-hybridized carbons (Fsp3) is 0.0682. The summed E-state index contributed by atoms with van der Waals surface area (Å²) in [5.74, 6) is 0. The van der Waals surface area contributed by atoms with E-state index in [9.17, 15) is 10.0 Å². The van der Waals surface area contributed by atoms with Gasteiger partial charge >= 0.3 is 26.0 Å². The zero-order valence-electron chi connectivity index (χ0n) is 28.0. The Morgan fingerprint density at radius 1 is 0.510 bits per heavy atom. The zero-order chi connectivity index (χ0) is 33.5. The predicted octanol–water partition coefficient (Wildman–Crippen LogP) is 8.39. The molecule has 8 rings (SSSR count). The Hall–Kier alpha value is -4.14. The van der Waals surface area contributed by atoms with Gasteiger partial charge in [-0.15, -0.1) is 0 Å². The Bertz CT molecular complexity index is 2320. The standard InChI is InChI=1S/C20H15BO2.C20H13Br.C4H9.Li/c22-21(23)18-11-10-15-12-17(9-8-16(15)13-18)20-7-3-5-14-4-1-2-6-19(14)20;21-18-11-10-15-12-17(9-8-16(15)13-18)20-7-3-5-14-4-1-2-6-19(14)20;1-3-4-2;/h1-13,22-23H;1-13H;1,3-4H2,2H3;/q;;-1;+1. The van der Waals surface area contributed by atoms with Crippen LogP contribution in [0.2, 0.25) is 0 Å². The maximum atomic E-state index is 9.29. The van der Waals surface area contributed by atoms with Gasteiger partial charge in [-0.3, -0.25) is 0 Å². The first-order chi connectivity index (χ1) is 23.4. The van der Waals surface area contributed by atoms with Crippen molar-refractivity contribution < 1.29 is 28.9 Å². The molecule has 0 radical (unpaired) electrons. The summed E-state index contributed by atoms with van der Waals surface area (Å²) < 4.78 is 1.12. The fourth-order valence-corrected chi connectivity index (χ4v) is 6.31. The molecule has 0 aromatic heterocycles. The molecule has 49 heavy (non-hydrogen) atoms. The quantitative estimate of drug-likeness (QED) is 0.144. The second-order valence-electron chi connectivity index (χ2n) is 11.8. The van der Waals surface area contributed by atoms with Crippen molar-refractivity contribution in [2.75, 3.05) is 0 Å². The molecule has 8 aromatic carbocycles. The molecule has 0 unspecified atom stereocenters. The van der Waals surface area contributed by atoms with Crippen molar-refractivity contribution in [1.82, 2.24) is 0 Å². The molecule has 0 bridgehead atoms. The van der Waals surface area contributed by atoms with Gasteiger partial charge in [-0.2, -0.15) is 6.42 Å². The maximum absolute atomic E-state index is 9.29. The smallest absolute Gasteiger partial charge is 0.423 e. The molecule has 0 atom stereocenters. The first-order valence-electron chi connectivity index (χ1n) is 16.3. The molecule has 0 spiro atoms. The molecule has 236 valence electrons. The van der Waals surface area contributed by atoms with E-state index in [-0.39, 0.29) is 18.9 Å². The summed E-state index contributed by atoms with van der Waals surface area (Å²) in [4.78, 5) is 0.